The van der Waals surface area contributed by atoms with E-state index >= 15 is 0 Å². The molecule has 0 rings (SSSR count). The third-order valence-electron chi connectivity index (χ3n) is 2.64. The standard InChI is InChI=1S/C10H17F4NO2/c1-3-6(4-2)7(16)5-15-9(17)10(13,14)8(11)12/h6-8,16H,3-5H2,1-2H3,(H,15,17). The molecule has 0 fully saturated rings. The van der Waals surface area contributed by atoms with E-state index < -0.39 is 30.9 Å². The zero-order valence-corrected chi connectivity index (χ0v) is 9.72. The summed E-state index contributed by atoms with van der Waals surface area (Å²) in [7, 11) is 0. The second kappa shape index (κ2) is 6.78. The maximum absolute atomic E-state index is 12.5. The molecule has 0 radical (unpaired) electrons. The quantitative estimate of drug-likeness (QED) is 0.685. The topological polar surface area (TPSA) is 49.3 Å². The maximum Gasteiger partial charge on any atom is 0.383 e. The molecule has 0 aromatic rings. The summed E-state index contributed by atoms with van der Waals surface area (Å²) in [5.41, 5.74) is 0. The predicted octanol–water partition coefficient (Wildman–Crippen LogP) is 1.80. The van der Waals surface area contributed by atoms with E-state index in [1.807, 2.05) is 0 Å². The molecular formula is C10H17F4NO2. The Bertz CT molecular complexity index is 244. The van der Waals surface area contributed by atoms with Crippen molar-refractivity contribution in [2.45, 2.75) is 45.1 Å². The first-order valence-electron chi connectivity index (χ1n) is 5.39. The van der Waals surface area contributed by atoms with Gasteiger partial charge in [-0.05, 0) is 5.92 Å². The van der Waals surface area contributed by atoms with Crippen molar-refractivity contribution < 1.29 is 27.5 Å². The number of carbonyl (C=O) groups excluding carboxylic acids is 1. The lowest BCUT2D eigenvalue weighted by molar-refractivity contribution is -0.169. The second-order valence-electron chi connectivity index (χ2n) is 3.78. The molecule has 17 heavy (non-hydrogen) atoms. The summed E-state index contributed by atoms with van der Waals surface area (Å²) in [4.78, 5) is 10.8. The number of nitrogens with one attached hydrogen (secondary N) is 1. The fourth-order valence-corrected chi connectivity index (χ4v) is 1.41. The summed E-state index contributed by atoms with van der Waals surface area (Å²) >= 11 is 0. The molecule has 0 spiro atoms. The minimum absolute atomic E-state index is 0.157. The Hall–Kier alpha value is -0.850. The van der Waals surface area contributed by atoms with Crippen molar-refractivity contribution in [2.24, 2.45) is 5.92 Å². The molecule has 102 valence electrons. The largest absolute Gasteiger partial charge is 0.391 e. The van der Waals surface area contributed by atoms with Gasteiger partial charge in [-0.25, -0.2) is 8.78 Å². The van der Waals surface area contributed by atoms with E-state index in [4.69, 9.17) is 0 Å². The van der Waals surface area contributed by atoms with Crippen molar-refractivity contribution in [3.63, 3.8) is 0 Å². The zero-order valence-electron chi connectivity index (χ0n) is 9.72. The van der Waals surface area contributed by atoms with Crippen LogP contribution in [-0.4, -0.2) is 36.0 Å². The number of aliphatic hydroxyl groups is 1. The van der Waals surface area contributed by atoms with Gasteiger partial charge in [0.05, 0.1) is 6.10 Å². The number of rotatable bonds is 7. The maximum atomic E-state index is 12.5. The van der Waals surface area contributed by atoms with Crippen molar-refractivity contribution in [1.29, 1.82) is 0 Å². The van der Waals surface area contributed by atoms with Crippen molar-refractivity contribution in [1.82, 2.24) is 5.32 Å². The monoisotopic (exact) mass is 259 g/mol. The molecule has 3 nitrogen and oxygen atoms in total. The van der Waals surface area contributed by atoms with Crippen LogP contribution in [0.3, 0.4) is 0 Å². The van der Waals surface area contributed by atoms with Crippen LogP contribution in [0.4, 0.5) is 17.6 Å². The van der Waals surface area contributed by atoms with Crippen molar-refractivity contribution in [3.8, 4) is 0 Å². The molecular weight excluding hydrogens is 242 g/mol. The van der Waals surface area contributed by atoms with Gasteiger partial charge in [0.2, 0.25) is 0 Å². The fourth-order valence-electron chi connectivity index (χ4n) is 1.41. The van der Waals surface area contributed by atoms with Gasteiger partial charge in [-0.1, -0.05) is 26.7 Å². The third kappa shape index (κ3) is 4.49. The molecule has 0 aliphatic heterocycles. The molecule has 0 heterocycles. The number of hydrogen-bond donors (Lipinski definition) is 2. The van der Waals surface area contributed by atoms with Crippen LogP contribution in [0.15, 0.2) is 0 Å². The average Bonchev–Trinajstić information content (AvgIpc) is 2.27. The van der Waals surface area contributed by atoms with Crippen LogP contribution in [0.2, 0.25) is 0 Å². The Morgan fingerprint density at radius 1 is 1.29 bits per heavy atom. The number of alkyl halides is 4. The van der Waals surface area contributed by atoms with Crippen LogP contribution in [-0.2, 0) is 4.79 Å². The number of carbonyl (C=O) groups is 1. The predicted molar refractivity (Wildman–Crippen MR) is 54.0 cm³/mol. The van der Waals surface area contributed by atoms with E-state index in [2.05, 4.69) is 0 Å². The Morgan fingerprint density at radius 2 is 1.76 bits per heavy atom. The average molecular weight is 259 g/mol. The van der Waals surface area contributed by atoms with Gasteiger partial charge in [-0.15, -0.1) is 0 Å². The highest BCUT2D eigenvalue weighted by Crippen LogP contribution is 2.22. The lowest BCUT2D eigenvalue weighted by Gasteiger charge is -2.21. The SMILES string of the molecule is CCC(CC)C(O)CNC(=O)C(F)(F)C(F)F. The Labute approximate surface area is 97.2 Å². The van der Waals surface area contributed by atoms with Crippen LogP contribution in [0, 0.1) is 5.92 Å². The summed E-state index contributed by atoms with van der Waals surface area (Å²) in [5, 5.41) is 11.1. The summed E-state index contributed by atoms with van der Waals surface area (Å²) in [6, 6.07) is 0. The fraction of sp³-hybridized carbons (Fsp3) is 0.900. The summed E-state index contributed by atoms with van der Waals surface area (Å²) in [6.07, 6.45) is -3.84. The van der Waals surface area contributed by atoms with Gasteiger partial charge < -0.3 is 10.4 Å². The van der Waals surface area contributed by atoms with Crippen molar-refractivity contribution in [2.75, 3.05) is 6.54 Å². The van der Waals surface area contributed by atoms with Crippen LogP contribution in [0.1, 0.15) is 26.7 Å². The Kier molecular flexibility index (Phi) is 6.44. The first-order chi connectivity index (χ1) is 7.77. The number of amides is 1. The van der Waals surface area contributed by atoms with Crippen LogP contribution in [0.5, 0.6) is 0 Å². The summed E-state index contributed by atoms with van der Waals surface area (Å²) in [6.45, 7) is 3.15. The molecule has 0 aliphatic carbocycles. The van der Waals surface area contributed by atoms with Gasteiger partial charge in [-0.2, -0.15) is 8.78 Å². The molecule has 7 heteroatoms. The molecule has 1 unspecified atom stereocenters. The Balaban J connectivity index is 4.25. The third-order valence-corrected chi connectivity index (χ3v) is 2.64. The highest BCUT2D eigenvalue weighted by molar-refractivity contribution is 5.83. The minimum atomic E-state index is -4.71. The molecule has 1 amide bonds. The molecule has 0 aromatic heterocycles. The van der Waals surface area contributed by atoms with Crippen molar-refractivity contribution >= 4 is 5.91 Å². The van der Waals surface area contributed by atoms with E-state index in [0.717, 1.165) is 0 Å². The molecule has 0 aliphatic rings. The number of aliphatic hydroxyl groups excluding tert-OH is 1. The molecule has 1 atom stereocenters. The number of hydrogen-bond acceptors (Lipinski definition) is 2. The first kappa shape index (κ1) is 16.1. The second-order valence-corrected chi connectivity index (χ2v) is 3.78. The van der Waals surface area contributed by atoms with Gasteiger partial charge in [0.25, 0.3) is 5.91 Å². The van der Waals surface area contributed by atoms with Gasteiger partial charge in [0.15, 0.2) is 0 Å². The molecule has 0 aromatic carbocycles. The van der Waals surface area contributed by atoms with Gasteiger partial charge in [-0.3, -0.25) is 4.79 Å². The van der Waals surface area contributed by atoms with Crippen LogP contribution in [0.25, 0.3) is 0 Å². The first-order valence-corrected chi connectivity index (χ1v) is 5.39. The zero-order chi connectivity index (χ0) is 13.6. The molecule has 0 saturated carbocycles. The molecule has 0 saturated heterocycles. The highest BCUT2D eigenvalue weighted by Gasteiger charge is 2.48. The summed E-state index contributed by atoms with van der Waals surface area (Å²) in [5.74, 6) is -6.93. The summed E-state index contributed by atoms with van der Waals surface area (Å²) < 4.78 is 48.6. The highest BCUT2D eigenvalue weighted by atomic mass is 19.3. The van der Waals surface area contributed by atoms with Gasteiger partial charge in [0, 0.05) is 6.54 Å². The minimum Gasteiger partial charge on any atom is -0.391 e. The van der Waals surface area contributed by atoms with E-state index in [1.54, 1.807) is 19.2 Å². The van der Waals surface area contributed by atoms with E-state index in [1.165, 1.54) is 0 Å². The molecule has 0 bridgehead atoms. The van der Waals surface area contributed by atoms with Gasteiger partial charge in [0.1, 0.15) is 0 Å². The molecule has 2 N–H and O–H groups in total. The lowest BCUT2D eigenvalue weighted by Crippen LogP contribution is -2.48. The normalized spacial score (nSPS) is 14.2. The number of halogens is 4. The Morgan fingerprint density at radius 3 is 2.12 bits per heavy atom. The smallest absolute Gasteiger partial charge is 0.383 e. The van der Waals surface area contributed by atoms with Crippen LogP contribution >= 0.6 is 0 Å². The van der Waals surface area contributed by atoms with E-state index in [-0.39, 0.29) is 5.92 Å². The lowest BCUT2D eigenvalue weighted by atomic mass is 9.96. The van der Waals surface area contributed by atoms with Gasteiger partial charge >= 0.3 is 12.3 Å². The van der Waals surface area contributed by atoms with E-state index in [0.29, 0.717) is 12.8 Å². The van der Waals surface area contributed by atoms with Crippen molar-refractivity contribution in [3.05, 3.63) is 0 Å². The van der Waals surface area contributed by atoms with E-state index in [9.17, 15) is 27.5 Å². The van der Waals surface area contributed by atoms with Crippen LogP contribution < -0.4 is 5.32 Å².